The minimum atomic E-state index is -0.864. The number of carboxylic acid groups (broad SMARTS) is 1. The van der Waals surface area contributed by atoms with E-state index in [1.807, 2.05) is 6.07 Å². The van der Waals surface area contributed by atoms with Gasteiger partial charge in [0.15, 0.2) is 0 Å². The number of aliphatic carboxylic acids is 1. The first-order valence-electron chi connectivity index (χ1n) is 5.86. The summed E-state index contributed by atoms with van der Waals surface area (Å²) < 4.78 is 0. The van der Waals surface area contributed by atoms with Crippen molar-refractivity contribution in [3.8, 4) is 6.07 Å². The molecule has 1 aliphatic rings. The van der Waals surface area contributed by atoms with Crippen LogP contribution in [0, 0.1) is 16.7 Å². The monoisotopic (exact) mass is 238 g/mol. The standard InChI is InChI=1S/C12H18N2O3/c1-14(8-4-7-13)10(15)9-12(11(16)17)5-2-3-6-12/h2-6,8-9H2,1H3,(H,16,17). The largest absolute Gasteiger partial charge is 0.481 e. The second kappa shape index (κ2) is 5.67. The molecule has 1 rings (SSSR count). The summed E-state index contributed by atoms with van der Waals surface area (Å²) in [6, 6.07) is 1.97. The molecule has 0 aromatic heterocycles. The van der Waals surface area contributed by atoms with Gasteiger partial charge >= 0.3 is 5.97 Å². The van der Waals surface area contributed by atoms with Gasteiger partial charge in [-0.2, -0.15) is 5.26 Å². The van der Waals surface area contributed by atoms with E-state index in [-0.39, 0.29) is 18.7 Å². The lowest BCUT2D eigenvalue weighted by Crippen LogP contribution is -2.37. The van der Waals surface area contributed by atoms with Crippen molar-refractivity contribution in [3.63, 3.8) is 0 Å². The molecular weight excluding hydrogens is 220 g/mol. The molecule has 17 heavy (non-hydrogen) atoms. The normalized spacial score (nSPS) is 17.4. The third-order valence-corrected chi connectivity index (χ3v) is 3.49. The second-order valence-corrected chi connectivity index (χ2v) is 4.69. The molecule has 1 aliphatic carbocycles. The van der Waals surface area contributed by atoms with Gasteiger partial charge in [0, 0.05) is 20.0 Å². The summed E-state index contributed by atoms with van der Waals surface area (Å²) in [5.41, 5.74) is -0.863. The predicted molar refractivity (Wildman–Crippen MR) is 61.0 cm³/mol. The Balaban J connectivity index is 2.59. The van der Waals surface area contributed by atoms with Crippen molar-refractivity contribution in [3.05, 3.63) is 0 Å². The van der Waals surface area contributed by atoms with E-state index in [0.717, 1.165) is 12.8 Å². The molecule has 0 saturated heterocycles. The number of carbonyl (C=O) groups excluding carboxylic acids is 1. The van der Waals surface area contributed by atoms with Gasteiger partial charge in [-0.1, -0.05) is 12.8 Å². The fourth-order valence-corrected chi connectivity index (χ4v) is 2.28. The van der Waals surface area contributed by atoms with Gasteiger partial charge in [0.2, 0.25) is 5.91 Å². The Morgan fingerprint density at radius 3 is 2.47 bits per heavy atom. The van der Waals surface area contributed by atoms with Crippen LogP contribution in [0.25, 0.3) is 0 Å². The Hall–Kier alpha value is -1.57. The quantitative estimate of drug-likeness (QED) is 0.784. The van der Waals surface area contributed by atoms with Gasteiger partial charge in [-0.25, -0.2) is 0 Å². The second-order valence-electron chi connectivity index (χ2n) is 4.69. The molecule has 1 N–H and O–H groups in total. The smallest absolute Gasteiger partial charge is 0.310 e. The fraction of sp³-hybridized carbons (Fsp3) is 0.750. The molecule has 0 aromatic rings. The number of carbonyl (C=O) groups is 2. The van der Waals surface area contributed by atoms with Crippen LogP contribution in [0.1, 0.15) is 38.5 Å². The molecule has 94 valence electrons. The molecule has 5 nitrogen and oxygen atoms in total. The van der Waals surface area contributed by atoms with Crippen molar-refractivity contribution < 1.29 is 14.7 Å². The molecule has 0 spiro atoms. The maximum absolute atomic E-state index is 11.9. The first-order valence-corrected chi connectivity index (χ1v) is 5.86. The number of amides is 1. The van der Waals surface area contributed by atoms with Crippen LogP contribution in [0.15, 0.2) is 0 Å². The van der Waals surface area contributed by atoms with Gasteiger partial charge < -0.3 is 10.0 Å². The summed E-state index contributed by atoms with van der Waals surface area (Å²) in [6.07, 6.45) is 3.26. The van der Waals surface area contributed by atoms with Crippen LogP contribution in [0.2, 0.25) is 0 Å². The molecular formula is C12H18N2O3. The zero-order chi connectivity index (χ0) is 12.9. The SMILES string of the molecule is CN(CCC#N)C(=O)CC1(C(=O)O)CCCC1. The summed E-state index contributed by atoms with van der Waals surface area (Å²) in [7, 11) is 1.62. The summed E-state index contributed by atoms with van der Waals surface area (Å²) >= 11 is 0. The molecule has 0 radical (unpaired) electrons. The maximum Gasteiger partial charge on any atom is 0.310 e. The zero-order valence-corrected chi connectivity index (χ0v) is 10.1. The maximum atomic E-state index is 11.9. The van der Waals surface area contributed by atoms with Crippen molar-refractivity contribution in [2.45, 2.75) is 38.5 Å². The van der Waals surface area contributed by atoms with Crippen molar-refractivity contribution in [1.82, 2.24) is 4.90 Å². The number of nitriles is 1. The third kappa shape index (κ3) is 3.19. The van der Waals surface area contributed by atoms with E-state index in [9.17, 15) is 14.7 Å². The lowest BCUT2D eigenvalue weighted by molar-refractivity contribution is -0.153. The highest BCUT2D eigenvalue weighted by Crippen LogP contribution is 2.41. The Bertz CT molecular complexity index is 340. The first kappa shape index (κ1) is 13.5. The highest BCUT2D eigenvalue weighted by molar-refractivity contribution is 5.85. The highest BCUT2D eigenvalue weighted by Gasteiger charge is 2.43. The first-order chi connectivity index (χ1) is 8.02. The number of nitrogens with zero attached hydrogens (tertiary/aromatic N) is 2. The van der Waals surface area contributed by atoms with Gasteiger partial charge in [0.1, 0.15) is 0 Å². The molecule has 1 amide bonds. The van der Waals surface area contributed by atoms with Crippen LogP contribution in [0.5, 0.6) is 0 Å². The third-order valence-electron chi connectivity index (χ3n) is 3.49. The summed E-state index contributed by atoms with van der Waals surface area (Å²) in [5.74, 6) is -1.04. The van der Waals surface area contributed by atoms with Gasteiger partial charge in [0.25, 0.3) is 0 Å². The van der Waals surface area contributed by atoms with Crippen molar-refractivity contribution in [1.29, 1.82) is 5.26 Å². The fourth-order valence-electron chi connectivity index (χ4n) is 2.28. The molecule has 0 aliphatic heterocycles. The topological polar surface area (TPSA) is 81.4 Å². The molecule has 1 fully saturated rings. The predicted octanol–water partition coefficient (Wildman–Crippen LogP) is 1.39. The Kier molecular flexibility index (Phi) is 4.50. The summed E-state index contributed by atoms with van der Waals surface area (Å²) in [6.45, 7) is 0.366. The van der Waals surface area contributed by atoms with Crippen LogP contribution < -0.4 is 0 Å². The summed E-state index contributed by atoms with van der Waals surface area (Å²) in [4.78, 5) is 24.6. The Morgan fingerprint density at radius 2 is 2.00 bits per heavy atom. The Labute approximate surface area is 101 Å². The van der Waals surface area contributed by atoms with E-state index >= 15 is 0 Å². The van der Waals surface area contributed by atoms with Crippen LogP contribution in [0.4, 0.5) is 0 Å². The molecule has 0 aromatic carbocycles. The van der Waals surface area contributed by atoms with E-state index < -0.39 is 11.4 Å². The number of rotatable bonds is 5. The van der Waals surface area contributed by atoms with Crippen molar-refractivity contribution >= 4 is 11.9 Å². The van der Waals surface area contributed by atoms with Gasteiger partial charge in [0.05, 0.1) is 17.9 Å². The molecule has 1 saturated carbocycles. The highest BCUT2D eigenvalue weighted by atomic mass is 16.4. The average molecular weight is 238 g/mol. The van der Waals surface area contributed by atoms with E-state index in [2.05, 4.69) is 0 Å². The van der Waals surface area contributed by atoms with E-state index in [0.29, 0.717) is 19.4 Å². The van der Waals surface area contributed by atoms with E-state index in [1.54, 1.807) is 7.05 Å². The van der Waals surface area contributed by atoms with Crippen LogP contribution >= 0.6 is 0 Å². The van der Waals surface area contributed by atoms with Crippen molar-refractivity contribution in [2.75, 3.05) is 13.6 Å². The van der Waals surface area contributed by atoms with Crippen LogP contribution in [0.3, 0.4) is 0 Å². The molecule has 0 atom stereocenters. The molecule has 0 unspecified atom stereocenters. The van der Waals surface area contributed by atoms with Crippen molar-refractivity contribution in [2.24, 2.45) is 5.41 Å². The zero-order valence-electron chi connectivity index (χ0n) is 10.1. The minimum Gasteiger partial charge on any atom is -0.481 e. The molecule has 0 heterocycles. The van der Waals surface area contributed by atoms with Crippen LogP contribution in [-0.4, -0.2) is 35.5 Å². The average Bonchev–Trinajstić information content (AvgIpc) is 2.75. The Morgan fingerprint density at radius 1 is 1.41 bits per heavy atom. The van der Waals surface area contributed by atoms with E-state index in [1.165, 1.54) is 4.90 Å². The molecule has 0 bridgehead atoms. The van der Waals surface area contributed by atoms with Crippen LogP contribution in [-0.2, 0) is 9.59 Å². The number of hydrogen-bond acceptors (Lipinski definition) is 3. The lowest BCUT2D eigenvalue weighted by Gasteiger charge is -2.25. The minimum absolute atomic E-state index is 0.0598. The number of hydrogen-bond donors (Lipinski definition) is 1. The lowest BCUT2D eigenvalue weighted by atomic mass is 9.82. The number of carboxylic acids is 1. The van der Waals surface area contributed by atoms with Gasteiger partial charge in [-0.3, -0.25) is 9.59 Å². The molecule has 5 heteroatoms. The van der Waals surface area contributed by atoms with E-state index in [4.69, 9.17) is 5.26 Å². The van der Waals surface area contributed by atoms with Gasteiger partial charge in [-0.15, -0.1) is 0 Å². The van der Waals surface area contributed by atoms with Gasteiger partial charge in [-0.05, 0) is 12.8 Å². The summed E-state index contributed by atoms with van der Waals surface area (Å²) in [5, 5.41) is 17.7.